The average molecular weight is 403 g/mol. The summed E-state index contributed by atoms with van der Waals surface area (Å²) in [7, 11) is 0. The van der Waals surface area contributed by atoms with E-state index in [2.05, 4.69) is 106 Å². The van der Waals surface area contributed by atoms with Gasteiger partial charge in [-0.1, -0.05) is 31.2 Å². The Morgan fingerprint density at radius 3 is 1.43 bits per heavy atom. The highest BCUT2D eigenvalue weighted by Crippen LogP contribution is 2.32. The smallest absolute Gasteiger partial charge is 0.185 e. The van der Waals surface area contributed by atoms with Crippen molar-refractivity contribution in [3.05, 3.63) is 70.8 Å². The Kier molecular flexibility index (Phi) is 7.15. The van der Waals surface area contributed by atoms with E-state index in [0.717, 1.165) is 46.5 Å². The van der Waals surface area contributed by atoms with Crippen LogP contribution in [0, 0.1) is 5.92 Å². The fourth-order valence-corrected chi connectivity index (χ4v) is 3.88. The maximum atomic E-state index is 13.1. The molecule has 158 valence electrons. The molecule has 1 aliphatic rings. The van der Waals surface area contributed by atoms with Gasteiger partial charge in [-0.3, -0.25) is 4.79 Å². The molecule has 0 unspecified atom stereocenters. The monoisotopic (exact) mass is 402 g/mol. The standard InChI is InChI=1S/C27H34N2O/c1-18(2)28-25-10-6-21(7-11-25)16-23-14-20(5)15-24(27(23)30)17-22-8-12-26(13-9-22)29-19(3)4/h6-13,16-20,28-29H,14-15H2,1-5H3/b23-16+,24-17+. The summed E-state index contributed by atoms with van der Waals surface area (Å²) in [4.78, 5) is 13.1. The summed E-state index contributed by atoms with van der Waals surface area (Å²) in [5.41, 5.74) is 6.17. The van der Waals surface area contributed by atoms with E-state index in [9.17, 15) is 4.79 Å². The number of Topliss-reactive ketones (excluding diaryl/α,β-unsaturated/α-hetero) is 1. The number of nitrogens with one attached hydrogen (secondary N) is 2. The molecule has 3 rings (SSSR count). The van der Waals surface area contributed by atoms with Crippen LogP contribution in [0.5, 0.6) is 0 Å². The van der Waals surface area contributed by atoms with E-state index in [1.165, 1.54) is 0 Å². The number of allylic oxidation sites excluding steroid dienone is 2. The average Bonchev–Trinajstić information content (AvgIpc) is 2.67. The molecule has 0 heterocycles. The van der Waals surface area contributed by atoms with Gasteiger partial charge in [0.15, 0.2) is 5.78 Å². The topological polar surface area (TPSA) is 41.1 Å². The molecule has 0 spiro atoms. The molecule has 2 aromatic carbocycles. The summed E-state index contributed by atoms with van der Waals surface area (Å²) in [6.45, 7) is 10.7. The molecule has 0 atom stereocenters. The van der Waals surface area contributed by atoms with E-state index in [0.29, 0.717) is 18.0 Å². The fourth-order valence-electron chi connectivity index (χ4n) is 3.88. The molecule has 0 bridgehead atoms. The van der Waals surface area contributed by atoms with Crippen molar-refractivity contribution in [1.82, 2.24) is 0 Å². The van der Waals surface area contributed by atoms with Gasteiger partial charge in [0, 0.05) is 34.6 Å². The van der Waals surface area contributed by atoms with Crippen LogP contribution in [0.2, 0.25) is 0 Å². The highest BCUT2D eigenvalue weighted by atomic mass is 16.1. The van der Waals surface area contributed by atoms with Gasteiger partial charge in [0.2, 0.25) is 0 Å². The molecule has 1 saturated carbocycles. The van der Waals surface area contributed by atoms with Crippen molar-refractivity contribution in [2.75, 3.05) is 10.6 Å². The second-order valence-corrected chi connectivity index (χ2v) is 9.02. The number of ketones is 1. The molecule has 30 heavy (non-hydrogen) atoms. The Morgan fingerprint density at radius 2 is 1.10 bits per heavy atom. The van der Waals surface area contributed by atoms with Gasteiger partial charge in [0.05, 0.1) is 0 Å². The number of benzene rings is 2. The minimum absolute atomic E-state index is 0.182. The second kappa shape index (κ2) is 9.80. The zero-order valence-electron chi connectivity index (χ0n) is 18.8. The van der Waals surface area contributed by atoms with Crippen molar-refractivity contribution in [2.24, 2.45) is 5.92 Å². The third kappa shape index (κ3) is 6.09. The Hall–Kier alpha value is -2.81. The second-order valence-electron chi connectivity index (χ2n) is 9.02. The van der Waals surface area contributed by atoms with Crippen molar-refractivity contribution in [2.45, 2.75) is 59.5 Å². The first-order valence-electron chi connectivity index (χ1n) is 11.0. The van der Waals surface area contributed by atoms with Crippen LogP contribution in [0.4, 0.5) is 11.4 Å². The highest BCUT2D eigenvalue weighted by molar-refractivity contribution is 6.14. The van der Waals surface area contributed by atoms with E-state index in [-0.39, 0.29) is 5.78 Å². The first-order chi connectivity index (χ1) is 14.3. The molecule has 0 saturated heterocycles. The van der Waals surface area contributed by atoms with Crippen LogP contribution in [-0.4, -0.2) is 17.9 Å². The van der Waals surface area contributed by atoms with Crippen LogP contribution in [0.25, 0.3) is 12.2 Å². The number of anilines is 2. The van der Waals surface area contributed by atoms with Crippen LogP contribution in [0.1, 0.15) is 58.6 Å². The fraction of sp³-hybridized carbons (Fsp3) is 0.370. The predicted molar refractivity (Wildman–Crippen MR) is 130 cm³/mol. The van der Waals surface area contributed by atoms with Crippen LogP contribution in [0.15, 0.2) is 59.7 Å². The minimum Gasteiger partial charge on any atom is -0.383 e. The van der Waals surface area contributed by atoms with E-state index in [1.807, 2.05) is 0 Å². The molecule has 0 aliphatic heterocycles. The van der Waals surface area contributed by atoms with Crippen molar-refractivity contribution in [1.29, 1.82) is 0 Å². The summed E-state index contributed by atoms with van der Waals surface area (Å²) < 4.78 is 0. The highest BCUT2D eigenvalue weighted by Gasteiger charge is 2.25. The molecule has 1 aliphatic carbocycles. The van der Waals surface area contributed by atoms with Crippen LogP contribution < -0.4 is 10.6 Å². The lowest BCUT2D eigenvalue weighted by molar-refractivity contribution is -0.113. The molecule has 0 radical (unpaired) electrons. The number of hydrogen-bond acceptors (Lipinski definition) is 3. The molecule has 3 nitrogen and oxygen atoms in total. The van der Waals surface area contributed by atoms with Gasteiger partial charge in [0.1, 0.15) is 0 Å². The van der Waals surface area contributed by atoms with Gasteiger partial charge in [0.25, 0.3) is 0 Å². The molecule has 3 heteroatoms. The van der Waals surface area contributed by atoms with E-state index < -0.39 is 0 Å². The molecular weight excluding hydrogens is 368 g/mol. The first kappa shape index (κ1) is 21.9. The SMILES string of the molecule is CC1C/C(=C\c2ccc(NC(C)C)cc2)C(=O)/C(=C/c2ccc(NC(C)C)cc2)C1. The van der Waals surface area contributed by atoms with Crippen LogP contribution in [0.3, 0.4) is 0 Å². The van der Waals surface area contributed by atoms with Crippen molar-refractivity contribution in [3.63, 3.8) is 0 Å². The number of hydrogen-bond donors (Lipinski definition) is 2. The lowest BCUT2D eigenvalue weighted by Gasteiger charge is -2.23. The van der Waals surface area contributed by atoms with Gasteiger partial charge in [-0.2, -0.15) is 0 Å². The third-order valence-corrected chi connectivity index (χ3v) is 5.13. The molecule has 2 aromatic rings. The Bertz CT molecular complexity index is 843. The van der Waals surface area contributed by atoms with Crippen LogP contribution >= 0.6 is 0 Å². The molecular formula is C27H34N2O. The van der Waals surface area contributed by atoms with Gasteiger partial charge in [-0.15, -0.1) is 0 Å². The maximum Gasteiger partial charge on any atom is 0.185 e. The zero-order valence-corrected chi connectivity index (χ0v) is 18.8. The normalized spacial score (nSPS) is 19.7. The van der Waals surface area contributed by atoms with Gasteiger partial charge < -0.3 is 10.6 Å². The van der Waals surface area contributed by atoms with Crippen molar-refractivity contribution >= 4 is 29.3 Å². The lowest BCUT2D eigenvalue weighted by Crippen LogP contribution is -2.18. The Morgan fingerprint density at radius 1 is 0.733 bits per heavy atom. The largest absolute Gasteiger partial charge is 0.383 e. The Labute approximate surface area is 181 Å². The molecule has 0 aromatic heterocycles. The van der Waals surface area contributed by atoms with E-state index in [1.54, 1.807) is 0 Å². The zero-order chi connectivity index (χ0) is 21.7. The maximum absolute atomic E-state index is 13.1. The number of rotatable bonds is 6. The summed E-state index contributed by atoms with van der Waals surface area (Å²) >= 11 is 0. The van der Waals surface area contributed by atoms with Gasteiger partial charge in [-0.25, -0.2) is 0 Å². The summed E-state index contributed by atoms with van der Waals surface area (Å²) in [5.74, 6) is 0.644. The first-order valence-corrected chi connectivity index (χ1v) is 11.0. The van der Waals surface area contributed by atoms with Crippen molar-refractivity contribution < 1.29 is 4.79 Å². The number of carbonyl (C=O) groups is 1. The Balaban J connectivity index is 1.79. The molecule has 2 N–H and O–H groups in total. The minimum atomic E-state index is 0.182. The lowest BCUT2D eigenvalue weighted by atomic mass is 9.81. The van der Waals surface area contributed by atoms with Gasteiger partial charge in [-0.05, 0) is 94.0 Å². The third-order valence-electron chi connectivity index (χ3n) is 5.13. The predicted octanol–water partition coefficient (Wildman–Crippen LogP) is 6.79. The quantitative estimate of drug-likeness (QED) is 0.522. The number of carbonyl (C=O) groups excluding carboxylic acids is 1. The molecule has 1 fully saturated rings. The van der Waals surface area contributed by atoms with Crippen LogP contribution in [-0.2, 0) is 4.79 Å². The van der Waals surface area contributed by atoms with Crippen molar-refractivity contribution in [3.8, 4) is 0 Å². The van der Waals surface area contributed by atoms with Gasteiger partial charge >= 0.3 is 0 Å². The summed E-state index contributed by atoms with van der Waals surface area (Å²) in [6.07, 6.45) is 5.78. The van der Waals surface area contributed by atoms with E-state index in [4.69, 9.17) is 0 Å². The van der Waals surface area contributed by atoms with E-state index >= 15 is 0 Å². The summed E-state index contributed by atoms with van der Waals surface area (Å²) in [6, 6.07) is 17.4. The molecule has 0 amide bonds. The summed E-state index contributed by atoms with van der Waals surface area (Å²) in [5, 5.41) is 6.80.